The van der Waals surface area contributed by atoms with Gasteiger partial charge in [-0.2, -0.15) is 5.10 Å². The predicted molar refractivity (Wildman–Crippen MR) is 92.0 cm³/mol. The Hall–Kier alpha value is -0.320. The Kier molecular flexibility index (Phi) is 5.70. The number of aryl methyl sites for hydroxylation is 2. The number of aromatic nitrogens is 2. The lowest BCUT2D eigenvalue weighted by molar-refractivity contribution is 0.657. The van der Waals surface area contributed by atoms with Gasteiger partial charge in [-0.05, 0) is 52.4 Å². The first kappa shape index (κ1) is 16.1. The smallest absolute Gasteiger partial charge is 0.0766 e. The molecule has 1 unspecified atom stereocenters. The number of alkyl halides is 1. The van der Waals surface area contributed by atoms with Gasteiger partial charge in [0.2, 0.25) is 0 Å². The topological polar surface area (TPSA) is 17.8 Å². The third kappa shape index (κ3) is 3.46. The second-order valence-electron chi connectivity index (χ2n) is 4.79. The molecular formula is C15H17Br2ClN2. The first-order valence-electron chi connectivity index (χ1n) is 6.58. The van der Waals surface area contributed by atoms with E-state index < -0.39 is 0 Å². The fraction of sp³-hybridized carbons (Fsp3) is 0.400. The molecule has 1 aromatic heterocycles. The predicted octanol–water partition coefficient (Wildman–Crippen LogP) is 5.12. The number of benzene rings is 1. The second kappa shape index (κ2) is 7.10. The van der Waals surface area contributed by atoms with Gasteiger partial charge in [0.05, 0.1) is 15.9 Å². The third-order valence-corrected chi connectivity index (χ3v) is 5.42. The minimum atomic E-state index is 0.406. The molecule has 5 heteroatoms. The highest BCUT2D eigenvalue weighted by Crippen LogP contribution is 2.29. The zero-order valence-corrected chi connectivity index (χ0v) is 15.5. The molecule has 0 saturated carbocycles. The van der Waals surface area contributed by atoms with Gasteiger partial charge in [0, 0.05) is 17.4 Å². The molecule has 2 aromatic rings. The highest BCUT2D eigenvalue weighted by Gasteiger charge is 2.18. The summed E-state index contributed by atoms with van der Waals surface area (Å²) >= 11 is 13.3. The zero-order chi connectivity index (χ0) is 14.7. The summed E-state index contributed by atoms with van der Waals surface area (Å²) in [7, 11) is 2.01. The first-order valence-corrected chi connectivity index (χ1v) is 8.87. The maximum atomic E-state index is 5.96. The standard InChI is InChI=1S/C15H17Br2ClN2/c1-3-13-15(17)14(20(2)19-13)8-11(9-16)10-4-6-12(18)7-5-10/h4-7,11H,3,8-9H2,1-2H3. The Bertz CT molecular complexity index is 578. The molecule has 0 N–H and O–H groups in total. The maximum absolute atomic E-state index is 5.96. The van der Waals surface area contributed by atoms with Crippen LogP contribution in [-0.2, 0) is 19.9 Å². The minimum Gasteiger partial charge on any atom is -0.271 e. The molecular weight excluding hydrogens is 403 g/mol. The van der Waals surface area contributed by atoms with Crippen molar-refractivity contribution in [2.45, 2.75) is 25.7 Å². The van der Waals surface area contributed by atoms with E-state index in [2.05, 4.69) is 56.0 Å². The molecule has 0 radical (unpaired) electrons. The van der Waals surface area contributed by atoms with Crippen LogP contribution in [0.5, 0.6) is 0 Å². The number of nitrogens with zero attached hydrogens (tertiary/aromatic N) is 2. The van der Waals surface area contributed by atoms with Gasteiger partial charge in [-0.1, -0.05) is 46.6 Å². The van der Waals surface area contributed by atoms with E-state index in [1.165, 1.54) is 11.3 Å². The zero-order valence-electron chi connectivity index (χ0n) is 11.5. The van der Waals surface area contributed by atoms with Crippen LogP contribution >= 0.6 is 43.5 Å². The number of rotatable bonds is 5. The summed E-state index contributed by atoms with van der Waals surface area (Å²) in [5, 5.41) is 6.24. The van der Waals surface area contributed by atoms with Crippen LogP contribution in [0.15, 0.2) is 28.7 Å². The van der Waals surface area contributed by atoms with E-state index in [9.17, 15) is 0 Å². The van der Waals surface area contributed by atoms with Gasteiger partial charge in [0.15, 0.2) is 0 Å². The molecule has 2 nitrogen and oxygen atoms in total. The van der Waals surface area contributed by atoms with Crippen LogP contribution in [0.1, 0.15) is 29.8 Å². The fourth-order valence-corrected chi connectivity index (χ4v) is 3.78. The molecule has 20 heavy (non-hydrogen) atoms. The summed E-state index contributed by atoms with van der Waals surface area (Å²) in [6.07, 6.45) is 1.88. The largest absolute Gasteiger partial charge is 0.271 e. The molecule has 0 saturated heterocycles. The summed E-state index contributed by atoms with van der Waals surface area (Å²) in [6.45, 7) is 2.12. The fourth-order valence-electron chi connectivity index (χ4n) is 2.27. The van der Waals surface area contributed by atoms with Gasteiger partial charge in [-0.15, -0.1) is 0 Å². The molecule has 1 atom stereocenters. The first-order chi connectivity index (χ1) is 9.56. The molecule has 0 aliphatic carbocycles. The van der Waals surface area contributed by atoms with Crippen molar-refractivity contribution in [1.29, 1.82) is 0 Å². The highest BCUT2D eigenvalue weighted by atomic mass is 79.9. The van der Waals surface area contributed by atoms with Crippen LogP contribution in [0.4, 0.5) is 0 Å². The quantitative estimate of drug-likeness (QED) is 0.614. The lowest BCUT2D eigenvalue weighted by atomic mass is 9.96. The summed E-state index contributed by atoms with van der Waals surface area (Å²) in [4.78, 5) is 0. The molecule has 0 fully saturated rings. The van der Waals surface area contributed by atoms with Crippen molar-refractivity contribution in [3.05, 3.63) is 50.7 Å². The third-order valence-electron chi connectivity index (χ3n) is 3.47. The van der Waals surface area contributed by atoms with Gasteiger partial charge in [-0.3, -0.25) is 4.68 Å². The molecule has 0 aliphatic rings. The van der Waals surface area contributed by atoms with E-state index in [0.29, 0.717) is 5.92 Å². The van der Waals surface area contributed by atoms with E-state index in [0.717, 1.165) is 33.4 Å². The Labute approximate surface area is 141 Å². The molecule has 2 rings (SSSR count). The lowest BCUT2D eigenvalue weighted by Crippen LogP contribution is -2.08. The Balaban J connectivity index is 2.26. The average Bonchev–Trinajstić information content (AvgIpc) is 2.72. The molecule has 1 heterocycles. The highest BCUT2D eigenvalue weighted by molar-refractivity contribution is 9.10. The van der Waals surface area contributed by atoms with Gasteiger partial charge < -0.3 is 0 Å². The van der Waals surface area contributed by atoms with E-state index in [1.54, 1.807) is 0 Å². The SMILES string of the molecule is CCc1nn(C)c(CC(CBr)c2ccc(Cl)cc2)c1Br. The summed E-state index contributed by atoms with van der Waals surface area (Å²) in [5.74, 6) is 0.406. The number of hydrogen-bond acceptors (Lipinski definition) is 1. The average molecular weight is 421 g/mol. The van der Waals surface area contributed by atoms with Crippen LogP contribution in [-0.4, -0.2) is 15.1 Å². The van der Waals surface area contributed by atoms with Crippen molar-refractivity contribution in [2.24, 2.45) is 7.05 Å². The molecule has 1 aromatic carbocycles. The number of hydrogen-bond donors (Lipinski definition) is 0. The Morgan fingerprint density at radius 3 is 2.45 bits per heavy atom. The van der Waals surface area contributed by atoms with E-state index in [1.807, 2.05) is 23.9 Å². The minimum absolute atomic E-state index is 0.406. The van der Waals surface area contributed by atoms with Crippen molar-refractivity contribution in [1.82, 2.24) is 9.78 Å². The molecule has 108 valence electrons. The van der Waals surface area contributed by atoms with Crippen LogP contribution in [0.25, 0.3) is 0 Å². The van der Waals surface area contributed by atoms with Crippen molar-refractivity contribution < 1.29 is 0 Å². The van der Waals surface area contributed by atoms with Gasteiger partial charge in [0.25, 0.3) is 0 Å². The van der Waals surface area contributed by atoms with Crippen molar-refractivity contribution in [3.63, 3.8) is 0 Å². The molecule has 0 aliphatic heterocycles. The van der Waals surface area contributed by atoms with Gasteiger partial charge in [0.1, 0.15) is 0 Å². The van der Waals surface area contributed by atoms with Crippen molar-refractivity contribution in [3.8, 4) is 0 Å². The van der Waals surface area contributed by atoms with Crippen LogP contribution in [0.2, 0.25) is 5.02 Å². The van der Waals surface area contributed by atoms with Crippen molar-refractivity contribution in [2.75, 3.05) is 5.33 Å². The second-order valence-corrected chi connectivity index (χ2v) is 6.67. The summed E-state index contributed by atoms with van der Waals surface area (Å²) in [5.41, 5.74) is 3.64. The Morgan fingerprint density at radius 1 is 1.30 bits per heavy atom. The Morgan fingerprint density at radius 2 is 1.95 bits per heavy atom. The molecule has 0 bridgehead atoms. The summed E-state index contributed by atoms with van der Waals surface area (Å²) < 4.78 is 3.12. The monoisotopic (exact) mass is 418 g/mol. The normalized spacial score (nSPS) is 12.7. The molecule has 0 amide bonds. The summed E-state index contributed by atoms with van der Waals surface area (Å²) in [6, 6.07) is 8.09. The van der Waals surface area contributed by atoms with E-state index >= 15 is 0 Å². The van der Waals surface area contributed by atoms with Crippen LogP contribution in [0.3, 0.4) is 0 Å². The van der Waals surface area contributed by atoms with Crippen LogP contribution < -0.4 is 0 Å². The maximum Gasteiger partial charge on any atom is 0.0766 e. The van der Waals surface area contributed by atoms with E-state index in [-0.39, 0.29) is 0 Å². The lowest BCUT2D eigenvalue weighted by Gasteiger charge is -2.15. The molecule has 0 spiro atoms. The van der Waals surface area contributed by atoms with Gasteiger partial charge >= 0.3 is 0 Å². The van der Waals surface area contributed by atoms with Crippen LogP contribution in [0, 0.1) is 0 Å². The number of halogens is 3. The van der Waals surface area contributed by atoms with Gasteiger partial charge in [-0.25, -0.2) is 0 Å². The van der Waals surface area contributed by atoms with E-state index in [4.69, 9.17) is 11.6 Å². The van der Waals surface area contributed by atoms with Crippen molar-refractivity contribution >= 4 is 43.5 Å².